The van der Waals surface area contributed by atoms with Crippen LogP contribution < -0.4 is 0 Å². The summed E-state index contributed by atoms with van der Waals surface area (Å²) in [5.74, 6) is 0.356. The van der Waals surface area contributed by atoms with Gasteiger partial charge in [-0.2, -0.15) is 0 Å². The fraction of sp³-hybridized carbons (Fsp3) is 0.533. The molecule has 1 amide bonds. The number of nitrogens with one attached hydrogen (secondary N) is 1. The Hall–Kier alpha value is -3.34. The van der Waals surface area contributed by atoms with Gasteiger partial charge in [-0.3, -0.25) is 19.5 Å². The van der Waals surface area contributed by atoms with E-state index in [0.29, 0.717) is 37.9 Å². The molecule has 2 fully saturated rings. The van der Waals surface area contributed by atoms with Gasteiger partial charge in [0.15, 0.2) is 0 Å². The summed E-state index contributed by atoms with van der Waals surface area (Å²) in [7, 11) is 0. The van der Waals surface area contributed by atoms with Gasteiger partial charge in [-0.05, 0) is 82.4 Å². The molecule has 0 bridgehead atoms. The summed E-state index contributed by atoms with van der Waals surface area (Å²) in [4.78, 5) is 42.9. The van der Waals surface area contributed by atoms with Crippen molar-refractivity contribution in [3.05, 3.63) is 59.7 Å². The van der Waals surface area contributed by atoms with Gasteiger partial charge in [-0.25, -0.2) is 4.98 Å². The van der Waals surface area contributed by atoms with E-state index >= 15 is 0 Å². The van der Waals surface area contributed by atoms with Crippen LogP contribution in [0.15, 0.2) is 42.6 Å². The number of benzene rings is 1. The zero-order valence-corrected chi connectivity index (χ0v) is 23.1. The maximum absolute atomic E-state index is 13.5. The first-order valence-corrected chi connectivity index (χ1v) is 14.2. The van der Waals surface area contributed by atoms with Gasteiger partial charge in [0.05, 0.1) is 28.2 Å². The smallest absolute Gasteiger partial charge is 0.312 e. The number of H-pyrrole nitrogens is 1. The van der Waals surface area contributed by atoms with Crippen LogP contribution >= 0.6 is 0 Å². The van der Waals surface area contributed by atoms with Gasteiger partial charge in [0.25, 0.3) is 5.91 Å². The third-order valence-electron chi connectivity index (χ3n) is 8.35. The zero-order chi connectivity index (χ0) is 28.1. The molecule has 1 spiro atoms. The van der Waals surface area contributed by atoms with Crippen LogP contribution in [-0.2, 0) is 16.1 Å². The quantitative estimate of drug-likeness (QED) is 0.425. The Morgan fingerprint density at radius 1 is 1.07 bits per heavy atom. The third kappa shape index (κ3) is 6.51. The van der Waals surface area contributed by atoms with Crippen molar-refractivity contribution >= 4 is 22.9 Å². The minimum Gasteiger partial charge on any atom is -0.462 e. The lowest BCUT2D eigenvalue weighted by atomic mass is 9.74. The molecule has 4 heterocycles. The van der Waals surface area contributed by atoms with Crippen LogP contribution in [0.25, 0.3) is 11.0 Å². The van der Waals surface area contributed by atoms with E-state index in [4.69, 9.17) is 4.74 Å². The van der Waals surface area contributed by atoms with Crippen LogP contribution in [-0.4, -0.2) is 91.8 Å². The summed E-state index contributed by atoms with van der Waals surface area (Å²) in [5.41, 5.74) is 2.51. The van der Waals surface area contributed by atoms with Crippen molar-refractivity contribution in [1.82, 2.24) is 24.8 Å². The van der Waals surface area contributed by atoms with Crippen LogP contribution in [0.3, 0.4) is 0 Å². The number of pyridine rings is 1. The van der Waals surface area contributed by atoms with Crippen molar-refractivity contribution in [2.24, 2.45) is 5.41 Å². The summed E-state index contributed by atoms with van der Waals surface area (Å²) in [6.07, 6.45) is 3.11. The Bertz CT molecular complexity index is 1300. The summed E-state index contributed by atoms with van der Waals surface area (Å²) in [5, 5.41) is 21.2. The lowest BCUT2D eigenvalue weighted by Crippen LogP contribution is -2.46. The van der Waals surface area contributed by atoms with Crippen molar-refractivity contribution in [3.63, 3.8) is 0 Å². The molecule has 10 nitrogen and oxygen atoms in total. The Morgan fingerprint density at radius 2 is 1.90 bits per heavy atom. The molecule has 2 aliphatic heterocycles. The average Bonchev–Trinajstić information content (AvgIpc) is 3.35. The largest absolute Gasteiger partial charge is 0.462 e. The summed E-state index contributed by atoms with van der Waals surface area (Å²) in [6.45, 7) is 4.63. The van der Waals surface area contributed by atoms with E-state index in [0.717, 1.165) is 55.0 Å². The molecule has 214 valence electrons. The molecule has 2 aromatic heterocycles. The first-order valence-electron chi connectivity index (χ1n) is 14.2. The number of cyclic esters (lactones) is 1. The van der Waals surface area contributed by atoms with Crippen LogP contribution in [0.2, 0.25) is 0 Å². The topological polar surface area (TPSA) is 132 Å². The van der Waals surface area contributed by atoms with Crippen LogP contribution in [0.5, 0.6) is 0 Å². The van der Waals surface area contributed by atoms with E-state index in [9.17, 15) is 19.8 Å². The molecule has 1 aromatic carbocycles. The fourth-order valence-corrected chi connectivity index (χ4v) is 5.86. The zero-order valence-electron chi connectivity index (χ0n) is 23.1. The first-order chi connectivity index (χ1) is 19.3. The Kier molecular flexibility index (Phi) is 8.78. The van der Waals surface area contributed by atoms with Crippen LogP contribution in [0, 0.1) is 12.3 Å². The van der Waals surface area contributed by atoms with E-state index < -0.39 is 17.6 Å². The number of carbonyl (C=O) groups excluding carboxylic acids is 2. The van der Waals surface area contributed by atoms with Crippen molar-refractivity contribution < 1.29 is 24.5 Å². The molecule has 0 radical (unpaired) electrons. The number of amides is 1. The van der Waals surface area contributed by atoms with Gasteiger partial charge in [0.1, 0.15) is 18.5 Å². The van der Waals surface area contributed by atoms with E-state index in [2.05, 4.69) is 19.9 Å². The van der Waals surface area contributed by atoms with Gasteiger partial charge in [-0.15, -0.1) is 0 Å². The van der Waals surface area contributed by atoms with Crippen LogP contribution in [0.1, 0.15) is 60.4 Å². The molecule has 2 saturated heterocycles. The lowest BCUT2D eigenvalue weighted by molar-refractivity contribution is -0.165. The van der Waals surface area contributed by atoms with Gasteiger partial charge in [0.2, 0.25) is 0 Å². The highest BCUT2D eigenvalue weighted by atomic mass is 16.5. The van der Waals surface area contributed by atoms with Gasteiger partial charge < -0.3 is 24.8 Å². The van der Waals surface area contributed by atoms with E-state index in [1.54, 1.807) is 17.2 Å². The summed E-state index contributed by atoms with van der Waals surface area (Å²) >= 11 is 0. The number of rotatable bonds is 3. The summed E-state index contributed by atoms with van der Waals surface area (Å²) in [6, 6.07) is 11.3. The number of fused-ring (bicyclic) bond motifs is 1. The normalized spacial score (nSPS) is 23.3. The highest BCUT2D eigenvalue weighted by Crippen LogP contribution is 2.38. The monoisotopic (exact) mass is 549 g/mol. The average molecular weight is 550 g/mol. The third-order valence-corrected chi connectivity index (χ3v) is 8.35. The van der Waals surface area contributed by atoms with Crippen molar-refractivity contribution in [2.45, 2.75) is 64.2 Å². The number of nitrogens with zero attached hydrogens (tertiary/aromatic N) is 4. The number of hydrogen-bond donors (Lipinski definition) is 3. The second kappa shape index (κ2) is 12.4. The maximum Gasteiger partial charge on any atom is 0.312 e. The number of piperidine rings is 1. The number of carbonyl (C=O) groups is 2. The lowest BCUT2D eigenvalue weighted by Gasteiger charge is -2.40. The molecule has 10 heteroatoms. The molecule has 3 aromatic rings. The number of likely N-dealkylation sites (tertiary alicyclic amines) is 1. The first kappa shape index (κ1) is 28.2. The fourth-order valence-electron chi connectivity index (χ4n) is 5.86. The van der Waals surface area contributed by atoms with Gasteiger partial charge >= 0.3 is 5.97 Å². The number of imidazole rings is 1. The molecule has 0 saturated carbocycles. The Morgan fingerprint density at radius 3 is 2.67 bits per heavy atom. The molecule has 40 heavy (non-hydrogen) atoms. The van der Waals surface area contributed by atoms with Gasteiger partial charge in [0, 0.05) is 31.4 Å². The number of aromatic nitrogens is 3. The Balaban J connectivity index is 1.27. The highest BCUT2D eigenvalue weighted by molar-refractivity contribution is 5.97. The van der Waals surface area contributed by atoms with Crippen LogP contribution in [0.4, 0.5) is 0 Å². The highest BCUT2D eigenvalue weighted by Gasteiger charge is 2.42. The molecule has 2 aliphatic rings. The SMILES string of the molecule is Cc1nc2ccc(C(=O)N3CCCCC4(CCN(Cc5ccccn5)CC4)C(=O)OC[C@@H](O)[C@@H](O)CC3)cc2[nH]1. The molecular formula is C30H39N5O5. The molecule has 0 unspecified atom stereocenters. The minimum atomic E-state index is -1.22. The summed E-state index contributed by atoms with van der Waals surface area (Å²) < 4.78 is 5.60. The van der Waals surface area contributed by atoms with Gasteiger partial charge in [-0.1, -0.05) is 12.5 Å². The molecule has 5 rings (SSSR count). The van der Waals surface area contributed by atoms with Crippen molar-refractivity contribution in [3.8, 4) is 0 Å². The molecule has 3 N–H and O–H groups in total. The van der Waals surface area contributed by atoms with Crippen molar-refractivity contribution in [2.75, 3.05) is 32.8 Å². The number of aliphatic hydroxyl groups excluding tert-OH is 2. The van der Waals surface area contributed by atoms with E-state index in [1.165, 1.54) is 0 Å². The number of ether oxygens (including phenoxy) is 1. The number of aromatic amines is 1. The second-order valence-electron chi connectivity index (χ2n) is 11.2. The second-order valence-corrected chi connectivity index (χ2v) is 11.2. The number of esters is 1. The number of aryl methyl sites for hydroxylation is 1. The van der Waals surface area contributed by atoms with Crippen molar-refractivity contribution in [1.29, 1.82) is 0 Å². The molecular weight excluding hydrogens is 510 g/mol. The maximum atomic E-state index is 13.5. The Labute approximate surface area is 234 Å². The van der Waals surface area contributed by atoms with E-state index in [-0.39, 0.29) is 24.9 Å². The van der Waals surface area contributed by atoms with E-state index in [1.807, 2.05) is 37.3 Å². The standard InChI is InChI=1S/C30H39N5O5/c1-21-32-24-8-7-22(18-25(24)33-21)28(38)35-14-5-3-10-30(29(39)40-20-27(37)26(36)9-15-35)11-16-34(17-12-30)19-23-6-2-4-13-31-23/h2,4,6-8,13,18,26-27,36-37H,3,5,9-12,14-17,19-20H2,1H3,(H,32,33)/t26-,27+/m0/s1. The predicted molar refractivity (Wildman–Crippen MR) is 149 cm³/mol. The molecule has 2 atom stereocenters. The minimum absolute atomic E-state index is 0.129. The number of aliphatic hydroxyl groups is 2. The number of hydrogen-bond acceptors (Lipinski definition) is 8. The molecule has 0 aliphatic carbocycles. The predicted octanol–water partition coefficient (Wildman–Crippen LogP) is 2.83.